The van der Waals surface area contributed by atoms with E-state index in [1.54, 1.807) is 18.3 Å². The summed E-state index contributed by atoms with van der Waals surface area (Å²) in [6.07, 6.45) is 6.31. The van der Waals surface area contributed by atoms with Crippen LogP contribution in [0.1, 0.15) is 38.2 Å². The molecule has 29 heavy (non-hydrogen) atoms. The highest BCUT2D eigenvalue weighted by atomic mass is 19.1. The van der Waals surface area contributed by atoms with E-state index in [0.717, 1.165) is 32.1 Å². The first kappa shape index (κ1) is 19.7. The molecule has 1 aromatic heterocycles. The molecular weight excluding hydrogens is 371 g/mol. The molecule has 4 atom stereocenters. The Bertz CT molecular complexity index is 898. The van der Waals surface area contributed by atoms with E-state index in [4.69, 9.17) is 19.5 Å². The zero-order valence-electron chi connectivity index (χ0n) is 16.5. The quantitative estimate of drug-likeness (QED) is 0.719. The highest BCUT2D eigenvalue weighted by molar-refractivity contribution is 5.39. The van der Waals surface area contributed by atoms with Gasteiger partial charge in [0.1, 0.15) is 11.9 Å². The molecule has 1 saturated carbocycles. The highest BCUT2D eigenvalue weighted by Gasteiger charge is 2.38. The van der Waals surface area contributed by atoms with Gasteiger partial charge in [0, 0.05) is 24.1 Å². The number of pyridine rings is 1. The lowest BCUT2D eigenvalue weighted by molar-refractivity contribution is -0.0838. The van der Waals surface area contributed by atoms with E-state index in [0.29, 0.717) is 29.4 Å². The summed E-state index contributed by atoms with van der Waals surface area (Å²) in [6, 6.07) is 9.39. The van der Waals surface area contributed by atoms with Crippen molar-refractivity contribution in [3.05, 3.63) is 47.9 Å². The normalized spacial score (nSPS) is 26.7. The lowest BCUT2D eigenvalue weighted by atomic mass is 9.77. The van der Waals surface area contributed by atoms with Crippen molar-refractivity contribution in [2.75, 3.05) is 13.2 Å². The number of nitrogens with zero attached hydrogens (tertiary/aromatic N) is 2. The van der Waals surface area contributed by atoms with Gasteiger partial charge in [0.2, 0.25) is 5.88 Å². The Morgan fingerprint density at radius 1 is 1.17 bits per heavy atom. The average molecular weight is 396 g/mol. The van der Waals surface area contributed by atoms with E-state index in [-0.39, 0.29) is 17.4 Å². The summed E-state index contributed by atoms with van der Waals surface area (Å²) in [5.74, 6) is 1.78. The second-order valence-electron chi connectivity index (χ2n) is 8.10. The third-order valence-electron chi connectivity index (χ3n) is 5.82. The first-order valence-electron chi connectivity index (χ1n) is 10.2. The lowest BCUT2D eigenvalue weighted by Crippen LogP contribution is -2.45. The average Bonchev–Trinajstić information content (AvgIpc) is 2.71. The molecule has 1 aliphatic carbocycles. The van der Waals surface area contributed by atoms with E-state index in [1.165, 1.54) is 25.0 Å². The Labute approximate surface area is 170 Å². The predicted molar refractivity (Wildman–Crippen MR) is 105 cm³/mol. The molecule has 1 saturated heterocycles. The van der Waals surface area contributed by atoms with Crippen molar-refractivity contribution in [3.8, 4) is 23.4 Å². The Balaban J connectivity index is 1.50. The van der Waals surface area contributed by atoms with Crippen LogP contribution >= 0.6 is 0 Å². The molecular formula is C23H25FN2O3. The van der Waals surface area contributed by atoms with Crippen molar-refractivity contribution in [1.82, 2.24) is 4.98 Å². The summed E-state index contributed by atoms with van der Waals surface area (Å²) in [7, 11) is 0. The van der Waals surface area contributed by atoms with E-state index in [1.807, 2.05) is 6.07 Å². The number of hydrogen-bond donors (Lipinski definition) is 0. The fraction of sp³-hybridized carbons (Fsp3) is 0.478. The van der Waals surface area contributed by atoms with Gasteiger partial charge in [-0.25, -0.2) is 9.37 Å². The summed E-state index contributed by atoms with van der Waals surface area (Å²) >= 11 is 0. The van der Waals surface area contributed by atoms with Gasteiger partial charge in [-0.3, -0.25) is 0 Å². The largest absolute Gasteiger partial charge is 0.473 e. The molecule has 2 heterocycles. The number of rotatable bonds is 4. The van der Waals surface area contributed by atoms with E-state index < -0.39 is 5.82 Å². The number of aromatic nitrogens is 1. The molecule has 0 spiro atoms. The maximum Gasteiger partial charge on any atom is 0.217 e. The molecule has 0 radical (unpaired) electrons. The van der Waals surface area contributed by atoms with Crippen LogP contribution in [-0.4, -0.2) is 24.3 Å². The van der Waals surface area contributed by atoms with Crippen LogP contribution in [0.2, 0.25) is 0 Å². The van der Waals surface area contributed by atoms with Crippen molar-refractivity contribution < 1.29 is 18.6 Å². The highest BCUT2D eigenvalue weighted by Crippen LogP contribution is 2.36. The second kappa shape index (κ2) is 8.79. The van der Waals surface area contributed by atoms with Crippen LogP contribution in [-0.2, 0) is 4.74 Å². The monoisotopic (exact) mass is 396 g/mol. The third-order valence-corrected chi connectivity index (χ3v) is 5.82. The van der Waals surface area contributed by atoms with E-state index in [2.05, 4.69) is 11.9 Å². The molecule has 6 heteroatoms. The van der Waals surface area contributed by atoms with Gasteiger partial charge < -0.3 is 14.2 Å². The molecule has 1 aromatic carbocycles. The minimum Gasteiger partial charge on any atom is -0.473 e. The molecule has 0 amide bonds. The van der Waals surface area contributed by atoms with Crippen molar-refractivity contribution >= 4 is 0 Å². The van der Waals surface area contributed by atoms with Gasteiger partial charge >= 0.3 is 0 Å². The maximum absolute atomic E-state index is 14.1. The van der Waals surface area contributed by atoms with Crippen molar-refractivity contribution in [2.24, 2.45) is 17.8 Å². The minimum absolute atomic E-state index is 0.0613. The van der Waals surface area contributed by atoms with Crippen LogP contribution in [0.4, 0.5) is 4.39 Å². The molecule has 0 N–H and O–H groups in total. The molecule has 4 unspecified atom stereocenters. The number of nitriles is 1. The van der Waals surface area contributed by atoms with Crippen molar-refractivity contribution in [2.45, 2.75) is 38.7 Å². The maximum atomic E-state index is 14.1. The number of halogens is 1. The summed E-state index contributed by atoms with van der Waals surface area (Å²) in [5.41, 5.74) is 0.251. The Morgan fingerprint density at radius 2 is 2.03 bits per heavy atom. The summed E-state index contributed by atoms with van der Waals surface area (Å²) in [5, 5.41) is 8.87. The zero-order chi connectivity index (χ0) is 20.2. The molecule has 152 valence electrons. The van der Waals surface area contributed by atoms with Gasteiger partial charge in [-0.15, -0.1) is 0 Å². The smallest absolute Gasteiger partial charge is 0.217 e. The van der Waals surface area contributed by atoms with E-state index in [9.17, 15) is 4.39 Å². The van der Waals surface area contributed by atoms with Gasteiger partial charge in [-0.1, -0.05) is 19.8 Å². The Kier molecular flexibility index (Phi) is 5.96. The van der Waals surface area contributed by atoms with Crippen LogP contribution in [0.15, 0.2) is 36.5 Å². The fourth-order valence-electron chi connectivity index (χ4n) is 4.39. The predicted octanol–water partition coefficient (Wildman–Crippen LogP) is 5.10. The van der Waals surface area contributed by atoms with Gasteiger partial charge in [0.25, 0.3) is 0 Å². The minimum atomic E-state index is -0.580. The van der Waals surface area contributed by atoms with Crippen molar-refractivity contribution in [1.29, 1.82) is 5.26 Å². The lowest BCUT2D eigenvalue weighted by Gasteiger charge is -2.40. The van der Waals surface area contributed by atoms with Gasteiger partial charge in [-0.05, 0) is 43.0 Å². The second-order valence-corrected chi connectivity index (χ2v) is 8.10. The molecule has 2 bridgehead atoms. The standard InChI is InChI=1S/C23H25FN2O3/c1-15-3-2-4-17-13-27-14-18(9-15)23(17)29-22-11-19(7-8-26-22)28-21-6-5-16(12-25)10-20(21)24/h5-8,10-11,15,17-18,23H,2-4,9,13-14H2,1H3. The molecule has 2 aliphatic rings. The van der Waals surface area contributed by atoms with Crippen LogP contribution < -0.4 is 9.47 Å². The molecule has 2 fully saturated rings. The SMILES string of the molecule is CC1CCCC2COCC(C1)C2Oc1cc(Oc2ccc(C#N)cc2F)ccn1. The number of benzene rings is 1. The molecule has 5 nitrogen and oxygen atoms in total. The van der Waals surface area contributed by atoms with Gasteiger partial charge in [0.05, 0.1) is 24.8 Å². The topological polar surface area (TPSA) is 64.4 Å². The van der Waals surface area contributed by atoms with Crippen LogP contribution in [0.5, 0.6) is 17.4 Å². The summed E-state index contributed by atoms with van der Waals surface area (Å²) in [4.78, 5) is 4.35. The van der Waals surface area contributed by atoms with Crippen molar-refractivity contribution in [3.63, 3.8) is 0 Å². The van der Waals surface area contributed by atoms with Gasteiger partial charge in [0.15, 0.2) is 11.6 Å². The van der Waals surface area contributed by atoms with Gasteiger partial charge in [-0.2, -0.15) is 5.26 Å². The first-order valence-corrected chi connectivity index (χ1v) is 10.2. The summed E-state index contributed by atoms with van der Waals surface area (Å²) < 4.78 is 32.0. The van der Waals surface area contributed by atoms with Crippen LogP contribution in [0.25, 0.3) is 0 Å². The summed E-state index contributed by atoms with van der Waals surface area (Å²) in [6.45, 7) is 3.74. The first-order chi connectivity index (χ1) is 14.1. The van der Waals surface area contributed by atoms with Crippen LogP contribution in [0.3, 0.4) is 0 Å². The Hall–Kier alpha value is -2.65. The zero-order valence-corrected chi connectivity index (χ0v) is 16.5. The molecule has 1 aliphatic heterocycles. The number of hydrogen-bond acceptors (Lipinski definition) is 5. The number of ether oxygens (including phenoxy) is 3. The van der Waals surface area contributed by atoms with E-state index >= 15 is 0 Å². The third kappa shape index (κ3) is 4.68. The molecule has 4 rings (SSSR count). The number of fused-ring (bicyclic) bond motifs is 2. The van der Waals surface area contributed by atoms with Crippen LogP contribution in [0, 0.1) is 34.9 Å². The Morgan fingerprint density at radius 3 is 2.86 bits per heavy atom. The fourth-order valence-corrected chi connectivity index (χ4v) is 4.39. The molecule has 2 aromatic rings.